The topological polar surface area (TPSA) is 104 Å². The average molecular weight is 450 g/mol. The first-order chi connectivity index (χ1) is 14.5. The predicted molar refractivity (Wildman–Crippen MR) is 120 cm³/mol. The second-order valence-corrected chi connectivity index (χ2v) is 11.6. The van der Waals surface area contributed by atoms with Crippen LogP contribution in [-0.2, 0) is 14.8 Å². The van der Waals surface area contributed by atoms with Crippen LogP contribution in [0, 0.1) is 11.8 Å². The third-order valence-corrected chi connectivity index (χ3v) is 7.96. The lowest BCUT2D eigenvalue weighted by Gasteiger charge is -2.39. The summed E-state index contributed by atoms with van der Waals surface area (Å²) in [5.74, 6) is 0.969. The van der Waals surface area contributed by atoms with Crippen LogP contribution in [-0.4, -0.2) is 38.4 Å². The molecule has 3 N–H and O–H groups in total. The van der Waals surface area contributed by atoms with E-state index in [1.54, 1.807) is 20.8 Å². The second kappa shape index (κ2) is 9.69. The molecule has 0 saturated heterocycles. The minimum Gasteiger partial charge on any atom is -0.352 e. The molecule has 0 aliphatic heterocycles. The molecule has 2 fully saturated rings. The van der Waals surface area contributed by atoms with E-state index in [0.717, 1.165) is 24.7 Å². The minimum absolute atomic E-state index is 0.0882. The summed E-state index contributed by atoms with van der Waals surface area (Å²) in [4.78, 5) is 24.8. The molecule has 0 aromatic heterocycles. The fourth-order valence-corrected chi connectivity index (χ4v) is 6.21. The molecule has 3 rings (SSSR count). The molecule has 1 aromatic rings. The number of hydrogen-bond acceptors (Lipinski definition) is 4. The van der Waals surface area contributed by atoms with Gasteiger partial charge in [-0.2, -0.15) is 0 Å². The van der Waals surface area contributed by atoms with Crippen LogP contribution in [0.15, 0.2) is 29.2 Å². The van der Waals surface area contributed by atoms with Crippen LogP contribution in [0.5, 0.6) is 0 Å². The molecule has 7 nitrogen and oxygen atoms in total. The molecule has 31 heavy (non-hydrogen) atoms. The summed E-state index contributed by atoms with van der Waals surface area (Å²) in [6.45, 7) is 5.20. The summed E-state index contributed by atoms with van der Waals surface area (Å²) >= 11 is 0. The van der Waals surface area contributed by atoms with E-state index >= 15 is 0 Å². The Morgan fingerprint density at radius 2 is 1.61 bits per heavy atom. The Balaban J connectivity index is 1.47. The van der Waals surface area contributed by atoms with Crippen molar-refractivity contribution in [2.45, 2.75) is 82.2 Å². The van der Waals surface area contributed by atoms with Crippen LogP contribution in [0.1, 0.15) is 76.1 Å². The van der Waals surface area contributed by atoms with E-state index in [9.17, 15) is 18.0 Å². The molecular formula is C23H35N3O4S. The fraction of sp³-hybridized carbons (Fsp3) is 0.652. The van der Waals surface area contributed by atoms with Gasteiger partial charge in [0.25, 0.3) is 5.91 Å². The highest BCUT2D eigenvalue weighted by Gasteiger charge is 2.32. The third kappa shape index (κ3) is 6.77. The number of fused-ring (bicyclic) bond motifs is 1. The quantitative estimate of drug-likeness (QED) is 0.621. The van der Waals surface area contributed by atoms with Gasteiger partial charge in [-0.15, -0.1) is 0 Å². The minimum atomic E-state index is -3.66. The lowest BCUT2D eigenvalue weighted by molar-refractivity contribution is -0.121. The first-order valence-corrected chi connectivity index (χ1v) is 12.7. The molecule has 0 heterocycles. The summed E-state index contributed by atoms with van der Waals surface area (Å²) in [7, 11) is -3.66. The number of sulfonamides is 1. The summed E-state index contributed by atoms with van der Waals surface area (Å²) in [6, 6.07) is 5.89. The van der Waals surface area contributed by atoms with Gasteiger partial charge in [0.05, 0.1) is 11.4 Å². The number of carbonyl (C=O) groups excluding carboxylic acids is 2. The van der Waals surface area contributed by atoms with Crippen molar-refractivity contribution in [1.82, 2.24) is 15.4 Å². The van der Waals surface area contributed by atoms with Crippen molar-refractivity contribution in [3.63, 3.8) is 0 Å². The highest BCUT2D eigenvalue weighted by molar-refractivity contribution is 7.89. The predicted octanol–water partition coefficient (Wildman–Crippen LogP) is 2.97. The molecule has 0 spiro atoms. The number of benzene rings is 1. The summed E-state index contributed by atoms with van der Waals surface area (Å²) in [5.41, 5.74) is -0.288. The lowest BCUT2D eigenvalue weighted by Crippen LogP contribution is -2.45. The lowest BCUT2D eigenvalue weighted by atomic mass is 9.69. The number of nitrogens with one attached hydrogen (secondary N) is 3. The van der Waals surface area contributed by atoms with E-state index < -0.39 is 21.5 Å². The van der Waals surface area contributed by atoms with Crippen molar-refractivity contribution in [2.75, 3.05) is 6.54 Å². The highest BCUT2D eigenvalue weighted by atomic mass is 32.2. The van der Waals surface area contributed by atoms with Crippen molar-refractivity contribution >= 4 is 21.8 Å². The monoisotopic (exact) mass is 449 g/mol. The van der Waals surface area contributed by atoms with Gasteiger partial charge < -0.3 is 10.6 Å². The molecule has 0 radical (unpaired) electrons. The number of carbonyl (C=O) groups is 2. The molecule has 3 unspecified atom stereocenters. The Morgan fingerprint density at radius 3 is 2.26 bits per heavy atom. The Hall–Kier alpha value is -1.93. The Kier molecular flexibility index (Phi) is 7.42. The van der Waals surface area contributed by atoms with E-state index in [4.69, 9.17) is 0 Å². The van der Waals surface area contributed by atoms with Gasteiger partial charge in [-0.05, 0) is 76.1 Å². The number of hydrogen-bond donors (Lipinski definition) is 3. The van der Waals surface area contributed by atoms with Crippen LogP contribution < -0.4 is 15.4 Å². The normalized spacial score (nSPS) is 24.2. The Morgan fingerprint density at radius 1 is 0.968 bits per heavy atom. The van der Waals surface area contributed by atoms with E-state index in [2.05, 4.69) is 15.4 Å². The fourth-order valence-electron chi connectivity index (χ4n) is 4.79. The molecule has 2 aliphatic carbocycles. The van der Waals surface area contributed by atoms with Gasteiger partial charge in [0, 0.05) is 17.1 Å². The number of rotatable bonds is 6. The zero-order valence-corrected chi connectivity index (χ0v) is 19.6. The average Bonchev–Trinajstić information content (AvgIpc) is 2.70. The Bertz CT molecular complexity index is 890. The first-order valence-electron chi connectivity index (χ1n) is 11.2. The Labute approximate surface area is 185 Å². The van der Waals surface area contributed by atoms with Gasteiger partial charge in [0.1, 0.15) is 0 Å². The van der Waals surface area contributed by atoms with Gasteiger partial charge in [0.15, 0.2) is 0 Å². The molecule has 2 amide bonds. The molecule has 0 bridgehead atoms. The zero-order valence-electron chi connectivity index (χ0n) is 18.7. The van der Waals surface area contributed by atoms with Gasteiger partial charge in [-0.1, -0.05) is 25.7 Å². The molecule has 2 aliphatic rings. The largest absolute Gasteiger partial charge is 0.352 e. The molecule has 1 aromatic carbocycles. The SMILES string of the molecule is CC(C)(C)NS(=O)(=O)c1ccc(C(=O)NCC(=O)NC2CCC3CCCCC3C2)cc1. The standard InChI is InChI=1S/C23H35N3O4S/c1-23(2,3)26-31(29,30)20-12-9-17(10-13-20)22(28)24-15-21(27)25-19-11-8-16-6-4-5-7-18(16)14-19/h9-10,12-13,16,18-19,26H,4-8,11,14-15H2,1-3H3,(H,24,28)(H,25,27). The van der Waals surface area contributed by atoms with Crippen molar-refractivity contribution in [2.24, 2.45) is 11.8 Å². The van der Waals surface area contributed by atoms with Crippen LogP contribution in [0.25, 0.3) is 0 Å². The number of amides is 2. The molecular weight excluding hydrogens is 414 g/mol. The van der Waals surface area contributed by atoms with E-state index in [-0.39, 0.29) is 23.4 Å². The van der Waals surface area contributed by atoms with E-state index in [0.29, 0.717) is 5.56 Å². The van der Waals surface area contributed by atoms with E-state index in [1.807, 2.05) is 0 Å². The van der Waals surface area contributed by atoms with Gasteiger partial charge in [-0.25, -0.2) is 13.1 Å². The highest BCUT2D eigenvalue weighted by Crippen LogP contribution is 2.40. The molecule has 172 valence electrons. The van der Waals surface area contributed by atoms with Crippen molar-refractivity contribution in [1.29, 1.82) is 0 Å². The molecule has 8 heteroatoms. The summed E-state index contributed by atoms with van der Waals surface area (Å²) in [6.07, 6.45) is 8.47. The zero-order chi connectivity index (χ0) is 22.6. The summed E-state index contributed by atoms with van der Waals surface area (Å²) in [5, 5.41) is 5.69. The third-order valence-electron chi connectivity index (χ3n) is 6.18. The van der Waals surface area contributed by atoms with Gasteiger partial charge in [-0.3, -0.25) is 9.59 Å². The van der Waals surface area contributed by atoms with Crippen molar-refractivity contribution < 1.29 is 18.0 Å². The van der Waals surface area contributed by atoms with E-state index in [1.165, 1.54) is 56.4 Å². The summed E-state index contributed by atoms with van der Waals surface area (Å²) < 4.78 is 27.3. The van der Waals surface area contributed by atoms with Crippen molar-refractivity contribution in [3.05, 3.63) is 29.8 Å². The van der Waals surface area contributed by atoms with Gasteiger partial charge >= 0.3 is 0 Å². The maximum Gasteiger partial charge on any atom is 0.251 e. The van der Waals surface area contributed by atoms with Gasteiger partial charge in [0.2, 0.25) is 15.9 Å². The van der Waals surface area contributed by atoms with Crippen LogP contribution in [0.4, 0.5) is 0 Å². The van der Waals surface area contributed by atoms with Crippen LogP contribution in [0.2, 0.25) is 0 Å². The van der Waals surface area contributed by atoms with Crippen molar-refractivity contribution in [3.8, 4) is 0 Å². The second-order valence-electron chi connectivity index (χ2n) is 9.94. The smallest absolute Gasteiger partial charge is 0.251 e. The maximum absolute atomic E-state index is 12.4. The maximum atomic E-state index is 12.4. The first kappa shape index (κ1) is 23.7. The van der Waals surface area contributed by atoms with Crippen LogP contribution in [0.3, 0.4) is 0 Å². The molecule has 3 atom stereocenters. The van der Waals surface area contributed by atoms with Crippen LogP contribution >= 0.6 is 0 Å². The molecule has 2 saturated carbocycles.